The minimum absolute atomic E-state index is 0.250. The predicted octanol–water partition coefficient (Wildman–Crippen LogP) is 8.46. The first-order chi connectivity index (χ1) is 15.9. The zero-order valence-electron chi connectivity index (χ0n) is 16.7. The Morgan fingerprint density at radius 3 is 0.737 bits per heavy atom. The molecule has 0 rings (SSSR count). The highest BCUT2D eigenvalue weighted by molar-refractivity contribution is 7.65. The molecule has 0 aliphatic carbocycles. The van der Waals surface area contributed by atoms with Gasteiger partial charge in [-0.15, -0.1) is 33.2 Å². The molecule has 0 fully saturated rings. The largest absolute Gasteiger partial charge is 0.460 e. The molecule has 0 saturated heterocycles. The van der Waals surface area contributed by atoms with Crippen LogP contribution in [0.5, 0.6) is 0 Å². The van der Waals surface area contributed by atoms with E-state index in [0.717, 1.165) is 0 Å². The Balaban J connectivity index is 0. The molecule has 26 heteroatoms. The fourth-order valence-corrected chi connectivity index (χ4v) is 3.32. The fourth-order valence-electron chi connectivity index (χ4n) is 1.74. The van der Waals surface area contributed by atoms with Crippen molar-refractivity contribution in [3.05, 3.63) is 0 Å². The summed E-state index contributed by atoms with van der Waals surface area (Å²) in [5.41, 5.74) is -7.15. The molecule has 0 heterocycles. The molecule has 1 N–H and O–H groups in total. The van der Waals surface area contributed by atoms with Crippen LogP contribution in [0.4, 0.5) is 92.2 Å². The van der Waals surface area contributed by atoms with Crippen LogP contribution in [0.3, 0.4) is 0 Å². The lowest BCUT2D eigenvalue weighted by Crippen LogP contribution is -2.77. The second-order valence-electron chi connectivity index (χ2n) is 6.48. The zero-order chi connectivity index (χ0) is 32.2. The summed E-state index contributed by atoms with van der Waals surface area (Å²) in [6.07, 6.45) is -8.03. The van der Waals surface area contributed by atoms with Crippen molar-refractivity contribution in [3.63, 3.8) is 0 Å². The Labute approximate surface area is 209 Å². The number of hydrogen-bond acceptors (Lipinski definition) is 1. The summed E-state index contributed by atoms with van der Waals surface area (Å²) in [5, 5.41) is 7.57. The van der Waals surface area contributed by atoms with Crippen LogP contribution >= 0.6 is 33.2 Å². The highest BCUT2D eigenvalue weighted by atomic mass is 35.8. The van der Waals surface area contributed by atoms with Gasteiger partial charge in [-0.3, -0.25) is 0 Å². The van der Waals surface area contributed by atoms with Crippen LogP contribution < -0.4 is 0 Å². The van der Waals surface area contributed by atoms with Crippen LogP contribution in [-0.2, 0) is 0 Å². The first-order valence-electron chi connectivity index (χ1n) is 8.06. The Kier molecular flexibility index (Phi) is 10.9. The molecule has 0 bridgehead atoms. The molecule has 0 radical (unpaired) electrons. The van der Waals surface area contributed by atoms with E-state index in [4.69, 9.17) is 5.11 Å². The molecule has 0 atom stereocenters. The van der Waals surface area contributed by atoms with Crippen molar-refractivity contribution in [2.75, 3.05) is 6.61 Å². The summed E-state index contributed by atoms with van der Waals surface area (Å²) in [5.74, 6) is -71.0. The Morgan fingerprint density at radius 2 is 0.579 bits per heavy atom. The smallest absolute Gasteiger partial charge is 0.397 e. The average Bonchev–Trinajstić information content (AvgIpc) is 2.65. The van der Waals surface area contributed by atoms with Crippen LogP contribution in [0, 0.1) is 0 Å². The number of aliphatic hydroxyl groups is 1. The number of halogens is 24. The van der Waals surface area contributed by atoms with E-state index in [1.165, 1.54) is 0 Å². The van der Waals surface area contributed by atoms with E-state index in [0.29, 0.717) is 0 Å². The second kappa shape index (κ2) is 10.4. The highest BCUT2D eigenvalue weighted by Gasteiger charge is 2.98. The molecular weight excluding hydrogens is 694 g/mol. The van der Waals surface area contributed by atoms with Crippen LogP contribution in [0.1, 0.15) is 6.92 Å². The first kappa shape index (κ1) is 39.7. The van der Waals surface area contributed by atoms with Crippen molar-refractivity contribution in [1.82, 2.24) is 0 Å². The van der Waals surface area contributed by atoms with Gasteiger partial charge in [0.05, 0.1) is 0 Å². The Hall–Kier alpha value is -0.423. The van der Waals surface area contributed by atoms with Crippen molar-refractivity contribution in [2.45, 2.75) is 66.0 Å². The minimum atomic E-state index is -9.23. The first-order valence-corrected chi connectivity index (χ1v) is 13.1. The van der Waals surface area contributed by atoms with Crippen molar-refractivity contribution in [3.8, 4) is 0 Å². The minimum Gasteiger partial charge on any atom is -0.397 e. The monoisotopic (exact) mass is 698 g/mol. The normalized spacial score (nSPS) is 16.3. The second-order valence-corrected chi connectivity index (χ2v) is 14.9. The summed E-state index contributed by atoms with van der Waals surface area (Å²) in [4.78, 5) is 0. The van der Waals surface area contributed by atoms with Crippen LogP contribution in [0.25, 0.3) is 0 Å². The number of alkyl halides is 21. The SMILES string of the molecule is CCO.FC(F)(F)C(F)(F)C(F)(F)C(F)(F)C(F)(F)C(F)(F)C(F)(F)C(F)(F)C(F)(F)C(F)(F)[Si](Cl)(Cl)Cl. The van der Waals surface area contributed by atoms with Gasteiger partial charge < -0.3 is 5.11 Å². The maximum atomic E-state index is 13.4. The summed E-state index contributed by atoms with van der Waals surface area (Å²) in [6.45, 7) is 1.93. The van der Waals surface area contributed by atoms with Gasteiger partial charge in [-0.1, -0.05) is 0 Å². The van der Waals surface area contributed by atoms with E-state index in [1.54, 1.807) is 6.92 Å². The van der Waals surface area contributed by atoms with Gasteiger partial charge >= 0.3 is 65.1 Å². The van der Waals surface area contributed by atoms with Gasteiger partial charge in [0.1, 0.15) is 0 Å². The molecule has 0 unspecified atom stereocenters. The van der Waals surface area contributed by atoms with Gasteiger partial charge in [0.15, 0.2) is 0 Å². The third kappa shape index (κ3) is 5.30. The lowest BCUT2D eigenvalue weighted by atomic mass is 9.87. The third-order valence-corrected chi connectivity index (χ3v) is 7.03. The van der Waals surface area contributed by atoms with Gasteiger partial charge in [-0.25, -0.2) is 0 Å². The van der Waals surface area contributed by atoms with Crippen LogP contribution in [0.15, 0.2) is 0 Å². The topological polar surface area (TPSA) is 20.2 Å². The number of aliphatic hydroxyl groups excluding tert-OH is 1. The molecule has 0 aromatic heterocycles. The summed E-state index contributed by atoms with van der Waals surface area (Å²) in [6, 6.07) is -6.83. The van der Waals surface area contributed by atoms with E-state index in [-0.39, 0.29) is 6.61 Å². The maximum absolute atomic E-state index is 13.4. The van der Waals surface area contributed by atoms with Gasteiger partial charge in [-0.2, -0.15) is 92.2 Å². The van der Waals surface area contributed by atoms with Crippen molar-refractivity contribution in [1.29, 1.82) is 0 Å². The molecule has 0 aromatic rings. The lowest BCUT2D eigenvalue weighted by molar-refractivity contribution is -0.472. The number of hydrogen-bond donors (Lipinski definition) is 1. The predicted molar refractivity (Wildman–Crippen MR) is 86.7 cm³/mol. The van der Waals surface area contributed by atoms with E-state index in [1.807, 2.05) is 0 Å². The summed E-state index contributed by atoms with van der Waals surface area (Å²) in [7, 11) is 0. The van der Waals surface area contributed by atoms with E-state index >= 15 is 0 Å². The summed E-state index contributed by atoms with van der Waals surface area (Å²) >= 11 is 12.6. The average molecular weight is 700 g/mol. The van der Waals surface area contributed by atoms with Crippen molar-refractivity contribution < 1.29 is 97.3 Å². The molecule has 0 aromatic carbocycles. The van der Waals surface area contributed by atoms with E-state index in [9.17, 15) is 92.2 Å². The molecule has 1 nitrogen and oxygen atoms in total. The molecule has 38 heavy (non-hydrogen) atoms. The molecule has 0 saturated carbocycles. The van der Waals surface area contributed by atoms with E-state index < -0.39 is 65.1 Å². The van der Waals surface area contributed by atoms with Gasteiger partial charge in [-0.05, 0) is 6.92 Å². The van der Waals surface area contributed by atoms with Crippen molar-refractivity contribution in [2.24, 2.45) is 0 Å². The quantitative estimate of drug-likeness (QED) is 0.146. The van der Waals surface area contributed by atoms with Gasteiger partial charge in [0.2, 0.25) is 0 Å². The van der Waals surface area contributed by atoms with Crippen LogP contribution in [-0.4, -0.2) is 76.8 Å². The standard InChI is InChI=1S/C10Cl3F21Si.C2H6O/c11-35(12,13)10(33,34)8(28,29)6(24,25)4(20,21)2(16,17)1(14,15)3(18,19)5(22,23)7(26,27)9(30,31)32;1-2-3/h;3H,2H2,1H3. The molecule has 0 aliphatic heterocycles. The Morgan fingerprint density at radius 1 is 0.421 bits per heavy atom. The third-order valence-electron chi connectivity index (χ3n) is 3.87. The summed E-state index contributed by atoms with van der Waals surface area (Å²) < 4.78 is 274. The van der Waals surface area contributed by atoms with Crippen LogP contribution in [0.2, 0.25) is 0 Å². The fraction of sp³-hybridized carbons (Fsp3) is 1.00. The molecular formula is C12H6Cl3F21OSi. The van der Waals surface area contributed by atoms with Gasteiger partial charge in [0, 0.05) is 6.61 Å². The molecule has 0 spiro atoms. The molecule has 232 valence electrons. The lowest BCUT2D eigenvalue weighted by Gasteiger charge is -2.45. The maximum Gasteiger partial charge on any atom is 0.460 e. The highest BCUT2D eigenvalue weighted by Crippen LogP contribution is 2.67. The molecule has 0 amide bonds. The zero-order valence-corrected chi connectivity index (χ0v) is 20.0. The van der Waals surface area contributed by atoms with Gasteiger partial charge in [0.25, 0.3) is 0 Å². The number of rotatable bonds is 9. The molecule has 0 aliphatic rings. The Bertz CT molecular complexity index is 753. The van der Waals surface area contributed by atoms with Crippen molar-refractivity contribution >= 4 is 39.2 Å². The van der Waals surface area contributed by atoms with E-state index in [2.05, 4.69) is 33.2 Å².